The lowest BCUT2D eigenvalue weighted by atomic mass is 10.1. The monoisotopic (exact) mass is 324 g/mol. The number of hydrogen-bond acceptors (Lipinski definition) is 3. The molecule has 0 aliphatic carbocycles. The van der Waals surface area contributed by atoms with Crippen molar-refractivity contribution < 1.29 is 9.90 Å². The Morgan fingerprint density at radius 3 is 2.62 bits per heavy atom. The number of aromatic hydroxyl groups is 1. The molecule has 1 amide bonds. The summed E-state index contributed by atoms with van der Waals surface area (Å²) in [5.74, 6) is -0.469. The van der Waals surface area contributed by atoms with Crippen LogP contribution in [0.2, 0.25) is 10.0 Å². The van der Waals surface area contributed by atoms with Gasteiger partial charge < -0.3 is 16.2 Å². The van der Waals surface area contributed by atoms with Gasteiger partial charge in [-0.2, -0.15) is 0 Å². The molecule has 2 aromatic carbocycles. The van der Waals surface area contributed by atoms with Gasteiger partial charge in [-0.05, 0) is 42.8 Å². The van der Waals surface area contributed by atoms with Crippen molar-refractivity contribution in [3.05, 3.63) is 57.1 Å². The van der Waals surface area contributed by atoms with Crippen LogP contribution < -0.4 is 11.1 Å². The highest BCUT2D eigenvalue weighted by Gasteiger charge is 2.09. The second-order valence-electron chi connectivity index (χ2n) is 4.64. The molecule has 0 saturated carbocycles. The van der Waals surface area contributed by atoms with Gasteiger partial charge in [0.2, 0.25) is 5.91 Å². The maximum Gasteiger partial charge on any atom is 0.248 e. The zero-order valence-corrected chi connectivity index (χ0v) is 12.8. The number of primary amides is 1. The van der Waals surface area contributed by atoms with E-state index in [4.69, 9.17) is 28.9 Å². The van der Waals surface area contributed by atoms with Gasteiger partial charge in [0, 0.05) is 28.4 Å². The number of aryl methyl sites for hydroxylation is 1. The molecule has 0 aliphatic rings. The predicted molar refractivity (Wildman–Crippen MR) is 85.2 cm³/mol. The molecular weight excluding hydrogens is 311 g/mol. The Balaban J connectivity index is 2.19. The van der Waals surface area contributed by atoms with Crippen molar-refractivity contribution in [3.8, 4) is 5.75 Å². The molecule has 0 atom stereocenters. The number of hydrogen-bond donors (Lipinski definition) is 3. The van der Waals surface area contributed by atoms with Crippen LogP contribution in [-0.4, -0.2) is 11.0 Å². The van der Waals surface area contributed by atoms with E-state index < -0.39 is 5.91 Å². The van der Waals surface area contributed by atoms with Crippen molar-refractivity contribution in [2.45, 2.75) is 13.5 Å². The topological polar surface area (TPSA) is 75.4 Å². The van der Waals surface area contributed by atoms with Gasteiger partial charge >= 0.3 is 0 Å². The molecule has 2 aromatic rings. The SMILES string of the molecule is Cc1cc(C(N)=O)ccc1NCc1cc(Cl)cc(Cl)c1O. The van der Waals surface area contributed by atoms with Crippen LogP contribution in [0.25, 0.3) is 0 Å². The first kappa shape index (κ1) is 15.5. The molecule has 6 heteroatoms. The lowest BCUT2D eigenvalue weighted by Crippen LogP contribution is -2.11. The minimum atomic E-state index is -0.469. The largest absolute Gasteiger partial charge is 0.506 e. The van der Waals surface area contributed by atoms with Crippen LogP contribution in [0.3, 0.4) is 0 Å². The molecule has 4 nitrogen and oxygen atoms in total. The summed E-state index contributed by atoms with van der Waals surface area (Å²) in [5.41, 5.74) is 7.97. The van der Waals surface area contributed by atoms with Crippen LogP contribution in [0.5, 0.6) is 5.75 Å². The fourth-order valence-electron chi connectivity index (χ4n) is 1.96. The third-order valence-corrected chi connectivity index (χ3v) is 3.59. The molecule has 110 valence electrons. The van der Waals surface area contributed by atoms with Gasteiger partial charge in [0.05, 0.1) is 5.02 Å². The Kier molecular flexibility index (Phi) is 4.60. The van der Waals surface area contributed by atoms with E-state index in [0.29, 0.717) is 22.7 Å². The number of carbonyl (C=O) groups is 1. The summed E-state index contributed by atoms with van der Waals surface area (Å²) in [6.45, 7) is 2.21. The van der Waals surface area contributed by atoms with E-state index in [1.807, 2.05) is 6.92 Å². The molecule has 2 rings (SSSR count). The fourth-order valence-corrected chi connectivity index (χ4v) is 2.50. The van der Waals surface area contributed by atoms with Crippen LogP contribution in [0.15, 0.2) is 30.3 Å². The summed E-state index contributed by atoms with van der Waals surface area (Å²) in [6.07, 6.45) is 0. The Hall–Kier alpha value is -1.91. The number of nitrogens with two attached hydrogens (primary N) is 1. The smallest absolute Gasteiger partial charge is 0.248 e. The van der Waals surface area contributed by atoms with Crippen molar-refractivity contribution in [2.24, 2.45) is 5.73 Å². The van der Waals surface area contributed by atoms with Crippen LogP contribution in [0.1, 0.15) is 21.5 Å². The number of anilines is 1. The first-order chi connectivity index (χ1) is 9.88. The van der Waals surface area contributed by atoms with Crippen molar-refractivity contribution in [2.75, 3.05) is 5.32 Å². The molecular formula is C15H14Cl2N2O2. The lowest BCUT2D eigenvalue weighted by Gasteiger charge is -2.12. The standard InChI is InChI=1S/C15H14Cl2N2O2/c1-8-4-9(15(18)21)2-3-13(8)19-7-10-5-11(16)6-12(17)14(10)20/h2-6,19-20H,7H2,1H3,(H2,18,21). The highest BCUT2D eigenvalue weighted by Crippen LogP contribution is 2.31. The number of amides is 1. The number of nitrogens with one attached hydrogen (secondary N) is 1. The molecule has 0 saturated heterocycles. The van der Waals surface area contributed by atoms with E-state index in [2.05, 4.69) is 5.32 Å². The van der Waals surface area contributed by atoms with E-state index in [-0.39, 0.29) is 10.8 Å². The molecule has 0 bridgehead atoms. The number of halogens is 2. The van der Waals surface area contributed by atoms with E-state index in [1.165, 1.54) is 6.07 Å². The zero-order chi connectivity index (χ0) is 15.6. The molecule has 0 radical (unpaired) electrons. The van der Waals surface area contributed by atoms with Gasteiger partial charge in [-0.3, -0.25) is 4.79 Å². The third kappa shape index (κ3) is 3.60. The Bertz CT molecular complexity index is 702. The van der Waals surface area contributed by atoms with Crippen molar-refractivity contribution in [3.63, 3.8) is 0 Å². The molecule has 0 spiro atoms. The summed E-state index contributed by atoms with van der Waals surface area (Å²) < 4.78 is 0. The second-order valence-corrected chi connectivity index (χ2v) is 5.49. The van der Waals surface area contributed by atoms with Gasteiger partial charge in [-0.25, -0.2) is 0 Å². The normalized spacial score (nSPS) is 10.4. The molecule has 0 unspecified atom stereocenters. The first-order valence-corrected chi connectivity index (χ1v) is 6.95. The number of phenols is 1. The van der Waals surface area contributed by atoms with E-state index in [0.717, 1.165) is 11.3 Å². The third-order valence-electron chi connectivity index (χ3n) is 3.09. The van der Waals surface area contributed by atoms with Crippen molar-refractivity contribution in [1.29, 1.82) is 0 Å². The Labute approximate surface area is 132 Å². The Morgan fingerprint density at radius 1 is 1.29 bits per heavy atom. The van der Waals surface area contributed by atoms with Crippen LogP contribution in [-0.2, 0) is 6.54 Å². The molecule has 4 N–H and O–H groups in total. The molecule has 0 aliphatic heterocycles. The number of phenolic OH excluding ortho intramolecular Hbond substituents is 1. The zero-order valence-electron chi connectivity index (χ0n) is 11.3. The summed E-state index contributed by atoms with van der Waals surface area (Å²) in [7, 11) is 0. The number of carbonyl (C=O) groups excluding carboxylic acids is 1. The average Bonchev–Trinajstić information content (AvgIpc) is 2.42. The van der Waals surface area contributed by atoms with Gasteiger partial charge in [-0.15, -0.1) is 0 Å². The van der Waals surface area contributed by atoms with Gasteiger partial charge in [0.1, 0.15) is 5.75 Å². The maximum absolute atomic E-state index is 11.1. The highest BCUT2D eigenvalue weighted by molar-refractivity contribution is 6.35. The van der Waals surface area contributed by atoms with Crippen LogP contribution in [0, 0.1) is 6.92 Å². The minimum Gasteiger partial charge on any atom is -0.506 e. The summed E-state index contributed by atoms with van der Waals surface area (Å²) in [4.78, 5) is 11.1. The minimum absolute atomic E-state index is 0.0000224. The maximum atomic E-state index is 11.1. The highest BCUT2D eigenvalue weighted by atomic mass is 35.5. The summed E-state index contributed by atoms with van der Waals surface area (Å²) in [5, 5.41) is 13.7. The molecule has 21 heavy (non-hydrogen) atoms. The number of rotatable bonds is 4. The Morgan fingerprint density at radius 2 is 2.00 bits per heavy atom. The fraction of sp³-hybridized carbons (Fsp3) is 0.133. The predicted octanol–water partition coefficient (Wildman–Crippen LogP) is 3.72. The molecule has 0 heterocycles. The summed E-state index contributed by atoms with van der Waals surface area (Å²) in [6, 6.07) is 8.23. The van der Waals surface area contributed by atoms with E-state index >= 15 is 0 Å². The summed E-state index contributed by atoms with van der Waals surface area (Å²) >= 11 is 11.8. The van der Waals surface area contributed by atoms with Crippen LogP contribution in [0.4, 0.5) is 5.69 Å². The molecule has 0 fully saturated rings. The van der Waals surface area contributed by atoms with Gasteiger partial charge in [0.25, 0.3) is 0 Å². The van der Waals surface area contributed by atoms with Crippen molar-refractivity contribution in [1.82, 2.24) is 0 Å². The van der Waals surface area contributed by atoms with Gasteiger partial charge in [-0.1, -0.05) is 23.2 Å². The van der Waals surface area contributed by atoms with E-state index in [9.17, 15) is 9.90 Å². The lowest BCUT2D eigenvalue weighted by molar-refractivity contribution is 0.1000. The first-order valence-electron chi connectivity index (χ1n) is 6.19. The van der Waals surface area contributed by atoms with E-state index in [1.54, 1.807) is 24.3 Å². The molecule has 0 aromatic heterocycles. The number of benzene rings is 2. The van der Waals surface area contributed by atoms with Crippen molar-refractivity contribution >= 4 is 34.8 Å². The average molecular weight is 325 g/mol. The quantitative estimate of drug-likeness (QED) is 0.802. The second kappa shape index (κ2) is 6.24. The van der Waals surface area contributed by atoms with Gasteiger partial charge in [0.15, 0.2) is 0 Å². The van der Waals surface area contributed by atoms with Crippen LogP contribution >= 0.6 is 23.2 Å².